The lowest BCUT2D eigenvalue weighted by Gasteiger charge is -2.17. The lowest BCUT2D eigenvalue weighted by molar-refractivity contribution is 0.207. The molecule has 1 saturated heterocycles. The zero-order chi connectivity index (χ0) is 15.9. The molecular weight excluding hydrogens is 286 g/mol. The number of nitrogens with one attached hydrogen (secondary N) is 1. The van der Waals surface area contributed by atoms with E-state index in [-0.39, 0.29) is 6.03 Å². The highest BCUT2D eigenvalue weighted by Gasteiger charge is 2.26. The first-order valence-corrected chi connectivity index (χ1v) is 8.28. The summed E-state index contributed by atoms with van der Waals surface area (Å²) in [6.07, 6.45) is 4.72. The Morgan fingerprint density at radius 2 is 2.00 bits per heavy atom. The van der Waals surface area contributed by atoms with E-state index in [9.17, 15) is 4.79 Å². The van der Waals surface area contributed by atoms with Gasteiger partial charge in [-0.2, -0.15) is 0 Å². The average molecular weight is 309 g/mol. The number of hydrogen-bond donors (Lipinski definition) is 1. The van der Waals surface area contributed by atoms with Crippen LogP contribution in [-0.4, -0.2) is 35.5 Å². The van der Waals surface area contributed by atoms with Crippen LogP contribution in [0.2, 0.25) is 0 Å². The van der Waals surface area contributed by atoms with E-state index >= 15 is 0 Å². The summed E-state index contributed by atoms with van der Waals surface area (Å²) in [6.45, 7) is 2.35. The first kappa shape index (κ1) is 15.5. The fourth-order valence-corrected chi connectivity index (χ4v) is 3.07. The average Bonchev–Trinajstić information content (AvgIpc) is 3.05. The maximum Gasteiger partial charge on any atom is 0.317 e. The molecule has 4 heteroatoms. The van der Waals surface area contributed by atoms with E-state index in [1.54, 1.807) is 0 Å². The first-order valence-electron chi connectivity index (χ1n) is 8.28. The molecule has 1 aromatic carbocycles. The van der Waals surface area contributed by atoms with E-state index in [1.165, 1.54) is 5.56 Å². The predicted octanol–water partition coefficient (Wildman–Crippen LogP) is 2.90. The van der Waals surface area contributed by atoms with Crippen LogP contribution < -0.4 is 5.32 Å². The minimum Gasteiger partial charge on any atom is -0.338 e. The van der Waals surface area contributed by atoms with Crippen molar-refractivity contribution in [2.75, 3.05) is 19.6 Å². The molecule has 1 unspecified atom stereocenters. The Morgan fingerprint density at radius 1 is 1.17 bits per heavy atom. The summed E-state index contributed by atoms with van der Waals surface area (Å²) in [4.78, 5) is 18.5. The van der Waals surface area contributed by atoms with Gasteiger partial charge in [0.1, 0.15) is 0 Å². The number of hydrogen-bond acceptors (Lipinski definition) is 2. The summed E-state index contributed by atoms with van der Waals surface area (Å²) < 4.78 is 0. The third kappa shape index (κ3) is 4.55. The van der Waals surface area contributed by atoms with Crippen LogP contribution in [0.4, 0.5) is 4.79 Å². The number of amides is 2. The van der Waals surface area contributed by atoms with Gasteiger partial charge in [0.2, 0.25) is 0 Å². The third-order valence-corrected chi connectivity index (χ3v) is 4.33. The normalized spacial score (nSPS) is 17.2. The number of urea groups is 1. The molecule has 1 aromatic heterocycles. The van der Waals surface area contributed by atoms with Gasteiger partial charge in [0, 0.05) is 31.5 Å². The van der Waals surface area contributed by atoms with Gasteiger partial charge in [-0.15, -0.1) is 0 Å². The van der Waals surface area contributed by atoms with E-state index in [2.05, 4.69) is 28.5 Å². The molecule has 1 N–H and O–H groups in total. The highest BCUT2D eigenvalue weighted by Crippen LogP contribution is 2.19. The Balaban J connectivity index is 1.41. The molecule has 2 aromatic rings. The van der Waals surface area contributed by atoms with Crippen LogP contribution in [0.3, 0.4) is 0 Å². The zero-order valence-electron chi connectivity index (χ0n) is 13.3. The number of aromatic nitrogens is 1. The molecule has 1 atom stereocenters. The van der Waals surface area contributed by atoms with Crippen molar-refractivity contribution < 1.29 is 4.79 Å². The molecule has 3 rings (SSSR count). The summed E-state index contributed by atoms with van der Waals surface area (Å²) in [7, 11) is 0. The monoisotopic (exact) mass is 309 g/mol. The first-order chi connectivity index (χ1) is 11.3. The van der Waals surface area contributed by atoms with Gasteiger partial charge in [0.15, 0.2) is 0 Å². The molecule has 0 spiro atoms. The van der Waals surface area contributed by atoms with Gasteiger partial charge in [-0.3, -0.25) is 4.98 Å². The second-order valence-corrected chi connectivity index (χ2v) is 6.09. The molecular formula is C19H23N3O. The van der Waals surface area contributed by atoms with Gasteiger partial charge in [0.05, 0.1) is 0 Å². The molecule has 2 heterocycles. The van der Waals surface area contributed by atoms with Gasteiger partial charge >= 0.3 is 6.03 Å². The minimum atomic E-state index is 0.0597. The van der Waals surface area contributed by atoms with Crippen molar-refractivity contribution in [3.63, 3.8) is 0 Å². The molecule has 23 heavy (non-hydrogen) atoms. The van der Waals surface area contributed by atoms with Gasteiger partial charge < -0.3 is 10.2 Å². The number of rotatable bonds is 5. The Labute approximate surface area is 137 Å². The maximum absolute atomic E-state index is 12.2. The number of likely N-dealkylation sites (tertiary alicyclic amines) is 1. The summed E-state index contributed by atoms with van der Waals surface area (Å²) >= 11 is 0. The van der Waals surface area contributed by atoms with Crippen molar-refractivity contribution in [2.24, 2.45) is 5.92 Å². The highest BCUT2D eigenvalue weighted by atomic mass is 16.2. The lowest BCUT2D eigenvalue weighted by atomic mass is 10.0. The molecule has 2 amide bonds. The van der Waals surface area contributed by atoms with Crippen molar-refractivity contribution in [1.29, 1.82) is 0 Å². The molecule has 4 nitrogen and oxygen atoms in total. The van der Waals surface area contributed by atoms with Crippen molar-refractivity contribution in [3.05, 3.63) is 66.0 Å². The third-order valence-electron chi connectivity index (χ3n) is 4.33. The summed E-state index contributed by atoms with van der Waals surface area (Å²) in [5, 5.41) is 3.03. The van der Waals surface area contributed by atoms with Crippen molar-refractivity contribution >= 4 is 6.03 Å². The van der Waals surface area contributed by atoms with Gasteiger partial charge in [-0.1, -0.05) is 36.4 Å². The molecule has 1 aliphatic heterocycles. The summed E-state index contributed by atoms with van der Waals surface area (Å²) in [5.41, 5.74) is 2.37. The molecule has 120 valence electrons. The molecule has 0 saturated carbocycles. The molecule has 0 aliphatic carbocycles. The fourth-order valence-electron chi connectivity index (χ4n) is 3.07. The lowest BCUT2D eigenvalue weighted by Crippen LogP contribution is -2.39. The Hall–Kier alpha value is -2.36. The van der Waals surface area contributed by atoms with Crippen LogP contribution >= 0.6 is 0 Å². The van der Waals surface area contributed by atoms with E-state index in [1.807, 2.05) is 41.4 Å². The zero-order valence-corrected chi connectivity index (χ0v) is 13.3. The summed E-state index contributed by atoms with van der Waals surface area (Å²) in [5.74, 6) is 0.518. The number of pyridine rings is 1. The standard InChI is InChI=1S/C19H23N3O/c23-19(21-12-9-16-6-2-1-3-7-16)22-13-10-17(15-22)14-18-8-4-5-11-20-18/h1-8,11,17H,9-10,12-15H2,(H,21,23). The smallest absolute Gasteiger partial charge is 0.317 e. The number of benzene rings is 1. The second-order valence-electron chi connectivity index (χ2n) is 6.09. The van der Waals surface area contributed by atoms with Gasteiger partial charge in [-0.25, -0.2) is 4.79 Å². The van der Waals surface area contributed by atoms with Crippen molar-refractivity contribution in [2.45, 2.75) is 19.3 Å². The number of carbonyl (C=O) groups excluding carboxylic acids is 1. The summed E-state index contributed by atoms with van der Waals surface area (Å²) in [6, 6.07) is 16.3. The van der Waals surface area contributed by atoms with Gasteiger partial charge in [-0.05, 0) is 42.9 Å². The van der Waals surface area contributed by atoms with Crippen LogP contribution in [0.1, 0.15) is 17.7 Å². The number of nitrogens with zero attached hydrogens (tertiary/aromatic N) is 2. The van der Waals surface area contributed by atoms with Crippen LogP contribution in [0.5, 0.6) is 0 Å². The van der Waals surface area contributed by atoms with Crippen LogP contribution in [0.15, 0.2) is 54.7 Å². The quantitative estimate of drug-likeness (QED) is 0.923. The number of carbonyl (C=O) groups is 1. The van der Waals surface area contributed by atoms with E-state index in [0.29, 0.717) is 12.5 Å². The van der Waals surface area contributed by atoms with E-state index in [4.69, 9.17) is 0 Å². The van der Waals surface area contributed by atoms with Crippen LogP contribution in [0, 0.1) is 5.92 Å². The topological polar surface area (TPSA) is 45.2 Å². The molecule has 0 radical (unpaired) electrons. The van der Waals surface area contributed by atoms with Crippen LogP contribution in [0.25, 0.3) is 0 Å². The van der Waals surface area contributed by atoms with Crippen LogP contribution in [-0.2, 0) is 12.8 Å². The predicted molar refractivity (Wildman–Crippen MR) is 91.2 cm³/mol. The Kier molecular flexibility index (Phi) is 5.25. The fraction of sp³-hybridized carbons (Fsp3) is 0.368. The van der Waals surface area contributed by atoms with Crippen molar-refractivity contribution in [3.8, 4) is 0 Å². The Morgan fingerprint density at radius 3 is 2.78 bits per heavy atom. The second kappa shape index (κ2) is 7.77. The SMILES string of the molecule is O=C(NCCc1ccccc1)N1CCC(Cc2ccccn2)C1. The minimum absolute atomic E-state index is 0.0597. The Bertz CT molecular complexity index is 615. The van der Waals surface area contributed by atoms with E-state index < -0.39 is 0 Å². The molecule has 0 bridgehead atoms. The largest absolute Gasteiger partial charge is 0.338 e. The molecule has 1 aliphatic rings. The molecule has 1 fully saturated rings. The van der Waals surface area contributed by atoms with E-state index in [0.717, 1.165) is 38.0 Å². The van der Waals surface area contributed by atoms with Gasteiger partial charge in [0.25, 0.3) is 0 Å². The maximum atomic E-state index is 12.2. The van der Waals surface area contributed by atoms with Crippen molar-refractivity contribution in [1.82, 2.24) is 15.2 Å². The highest BCUT2D eigenvalue weighted by molar-refractivity contribution is 5.74.